The molecule has 2 N–H and O–H groups in total. The molecule has 0 bridgehead atoms. The smallest absolute Gasteiger partial charge is 0.127 e. The lowest BCUT2D eigenvalue weighted by Crippen LogP contribution is -1.94. The first kappa shape index (κ1) is 12.9. The fraction of sp³-hybridized carbons (Fsp3) is 0.143. The normalized spacial score (nSPS) is 10.6. The maximum atomic E-state index is 13.4. The standard InChI is InChI=1S/C14H13F2NS/c1-9-3-2-4-13(14(9)17)18-8-10-7-11(15)5-6-12(10)16/h2-7H,8,17H2,1H3. The van der Waals surface area contributed by atoms with E-state index < -0.39 is 11.6 Å². The first-order valence-corrected chi connectivity index (χ1v) is 6.48. The molecule has 0 aliphatic heterocycles. The van der Waals surface area contributed by atoms with Crippen molar-refractivity contribution in [1.29, 1.82) is 0 Å². The van der Waals surface area contributed by atoms with E-state index in [1.165, 1.54) is 17.8 Å². The van der Waals surface area contributed by atoms with Crippen LogP contribution in [0, 0.1) is 18.6 Å². The third kappa shape index (κ3) is 2.82. The zero-order valence-electron chi connectivity index (χ0n) is 9.91. The lowest BCUT2D eigenvalue weighted by Gasteiger charge is -2.08. The molecule has 0 atom stereocenters. The van der Waals surface area contributed by atoms with Crippen LogP contribution in [0.15, 0.2) is 41.3 Å². The lowest BCUT2D eigenvalue weighted by molar-refractivity contribution is 0.591. The molecule has 0 aromatic heterocycles. The van der Waals surface area contributed by atoms with Gasteiger partial charge in [-0.1, -0.05) is 12.1 Å². The van der Waals surface area contributed by atoms with E-state index in [-0.39, 0.29) is 0 Å². The van der Waals surface area contributed by atoms with Crippen LogP contribution in [0.1, 0.15) is 11.1 Å². The molecule has 0 heterocycles. The van der Waals surface area contributed by atoms with E-state index in [9.17, 15) is 8.78 Å². The van der Waals surface area contributed by atoms with Gasteiger partial charge in [-0.05, 0) is 36.8 Å². The van der Waals surface area contributed by atoms with Crippen molar-refractivity contribution in [3.63, 3.8) is 0 Å². The Morgan fingerprint density at radius 1 is 1.17 bits per heavy atom. The van der Waals surface area contributed by atoms with Crippen LogP contribution in [-0.2, 0) is 5.75 Å². The molecule has 1 nitrogen and oxygen atoms in total. The first-order chi connectivity index (χ1) is 8.58. The number of anilines is 1. The number of halogens is 2. The molecule has 2 rings (SSSR count). The van der Waals surface area contributed by atoms with Crippen molar-refractivity contribution in [2.75, 3.05) is 5.73 Å². The van der Waals surface area contributed by atoms with Crippen LogP contribution in [0.25, 0.3) is 0 Å². The highest BCUT2D eigenvalue weighted by Gasteiger charge is 2.07. The predicted molar refractivity (Wildman–Crippen MR) is 71.5 cm³/mol. The minimum absolute atomic E-state index is 0.348. The zero-order valence-corrected chi connectivity index (χ0v) is 10.7. The quantitative estimate of drug-likeness (QED) is 0.666. The Morgan fingerprint density at radius 3 is 2.72 bits per heavy atom. The Kier molecular flexibility index (Phi) is 3.87. The van der Waals surface area contributed by atoms with E-state index in [2.05, 4.69) is 0 Å². The summed E-state index contributed by atoms with van der Waals surface area (Å²) < 4.78 is 26.5. The third-order valence-corrected chi connectivity index (χ3v) is 3.80. The molecule has 2 aromatic rings. The van der Waals surface area contributed by atoms with Crippen molar-refractivity contribution in [2.45, 2.75) is 17.6 Å². The van der Waals surface area contributed by atoms with Crippen LogP contribution in [-0.4, -0.2) is 0 Å². The highest BCUT2D eigenvalue weighted by Crippen LogP contribution is 2.30. The fourth-order valence-corrected chi connectivity index (χ4v) is 2.61. The lowest BCUT2D eigenvalue weighted by atomic mass is 10.2. The van der Waals surface area contributed by atoms with E-state index in [0.29, 0.717) is 17.0 Å². The monoisotopic (exact) mass is 265 g/mol. The molecule has 0 saturated carbocycles. The van der Waals surface area contributed by atoms with E-state index in [1.54, 1.807) is 0 Å². The van der Waals surface area contributed by atoms with Gasteiger partial charge in [-0.25, -0.2) is 8.78 Å². The number of rotatable bonds is 3. The highest BCUT2D eigenvalue weighted by atomic mass is 32.2. The van der Waals surface area contributed by atoms with Gasteiger partial charge in [0.25, 0.3) is 0 Å². The summed E-state index contributed by atoms with van der Waals surface area (Å²) >= 11 is 1.41. The predicted octanol–water partition coefficient (Wildman–Crippen LogP) is 4.15. The van der Waals surface area contributed by atoms with Gasteiger partial charge >= 0.3 is 0 Å². The van der Waals surface area contributed by atoms with Crippen molar-refractivity contribution in [2.24, 2.45) is 0 Å². The topological polar surface area (TPSA) is 26.0 Å². The third-order valence-electron chi connectivity index (χ3n) is 2.68. The summed E-state index contributed by atoms with van der Waals surface area (Å²) in [6, 6.07) is 9.17. The van der Waals surface area contributed by atoms with Gasteiger partial charge in [0.15, 0.2) is 0 Å². The molecule has 0 aliphatic rings. The van der Waals surface area contributed by atoms with Crippen LogP contribution in [0.3, 0.4) is 0 Å². The van der Waals surface area contributed by atoms with E-state index in [1.807, 2.05) is 25.1 Å². The molecule has 2 aromatic carbocycles. The molecule has 0 unspecified atom stereocenters. The number of nitrogens with two attached hydrogens (primary N) is 1. The van der Waals surface area contributed by atoms with Crippen LogP contribution in [0.5, 0.6) is 0 Å². The molecule has 18 heavy (non-hydrogen) atoms. The Morgan fingerprint density at radius 2 is 1.94 bits per heavy atom. The minimum Gasteiger partial charge on any atom is -0.398 e. The van der Waals surface area contributed by atoms with Crippen LogP contribution < -0.4 is 5.73 Å². The van der Waals surface area contributed by atoms with E-state index in [0.717, 1.165) is 22.6 Å². The Labute approximate surface area is 109 Å². The molecule has 94 valence electrons. The van der Waals surface area contributed by atoms with Gasteiger partial charge in [0, 0.05) is 21.9 Å². The molecule has 0 aliphatic carbocycles. The molecular formula is C14H13F2NS. The maximum Gasteiger partial charge on any atom is 0.127 e. The Bertz CT molecular complexity index is 568. The number of aryl methyl sites for hydroxylation is 1. The SMILES string of the molecule is Cc1cccc(SCc2cc(F)ccc2F)c1N. The highest BCUT2D eigenvalue weighted by molar-refractivity contribution is 7.98. The minimum atomic E-state index is -0.427. The van der Waals surface area contributed by atoms with E-state index in [4.69, 9.17) is 5.73 Å². The van der Waals surface area contributed by atoms with Gasteiger partial charge in [0.05, 0.1) is 0 Å². The summed E-state index contributed by atoms with van der Waals surface area (Å²) in [5.41, 5.74) is 7.95. The molecule has 0 amide bonds. The van der Waals surface area contributed by atoms with Crippen molar-refractivity contribution >= 4 is 17.4 Å². The van der Waals surface area contributed by atoms with E-state index >= 15 is 0 Å². The second kappa shape index (κ2) is 5.40. The maximum absolute atomic E-state index is 13.4. The van der Waals surface area contributed by atoms with Gasteiger partial charge in [0.1, 0.15) is 11.6 Å². The second-order valence-electron chi connectivity index (χ2n) is 4.01. The summed E-state index contributed by atoms with van der Waals surface area (Å²) in [5, 5.41) is 0. The summed E-state index contributed by atoms with van der Waals surface area (Å²) in [5.74, 6) is -0.462. The van der Waals surface area contributed by atoms with Gasteiger partial charge in [-0.2, -0.15) is 0 Å². The Hall–Kier alpha value is -1.55. The number of hydrogen-bond acceptors (Lipinski definition) is 2. The fourth-order valence-electron chi connectivity index (χ4n) is 1.59. The van der Waals surface area contributed by atoms with Gasteiger partial charge in [0.2, 0.25) is 0 Å². The second-order valence-corrected chi connectivity index (χ2v) is 5.03. The average molecular weight is 265 g/mol. The van der Waals surface area contributed by atoms with Crippen molar-refractivity contribution in [3.8, 4) is 0 Å². The first-order valence-electron chi connectivity index (χ1n) is 5.50. The number of nitrogen functional groups attached to an aromatic ring is 1. The zero-order chi connectivity index (χ0) is 13.1. The van der Waals surface area contributed by atoms with Crippen LogP contribution in [0.2, 0.25) is 0 Å². The number of thioether (sulfide) groups is 1. The molecule has 0 spiro atoms. The molecule has 0 fully saturated rings. The Balaban J connectivity index is 2.16. The molecular weight excluding hydrogens is 252 g/mol. The average Bonchev–Trinajstić information content (AvgIpc) is 2.35. The number of hydrogen-bond donors (Lipinski definition) is 1. The molecule has 4 heteroatoms. The van der Waals surface area contributed by atoms with Crippen LogP contribution in [0.4, 0.5) is 14.5 Å². The summed E-state index contributed by atoms with van der Waals surface area (Å²) in [7, 11) is 0. The van der Waals surface area contributed by atoms with Crippen molar-refractivity contribution < 1.29 is 8.78 Å². The van der Waals surface area contributed by atoms with Gasteiger partial charge in [-0.3, -0.25) is 0 Å². The largest absolute Gasteiger partial charge is 0.398 e. The summed E-state index contributed by atoms with van der Waals surface area (Å²) in [4.78, 5) is 0.888. The van der Waals surface area contributed by atoms with Crippen LogP contribution >= 0.6 is 11.8 Å². The summed E-state index contributed by atoms with van der Waals surface area (Å²) in [6.07, 6.45) is 0. The van der Waals surface area contributed by atoms with Crippen molar-refractivity contribution in [3.05, 3.63) is 59.2 Å². The number of benzene rings is 2. The number of para-hydroxylation sites is 1. The van der Waals surface area contributed by atoms with Crippen molar-refractivity contribution in [1.82, 2.24) is 0 Å². The van der Waals surface area contributed by atoms with Gasteiger partial charge < -0.3 is 5.73 Å². The summed E-state index contributed by atoms with van der Waals surface area (Å²) in [6.45, 7) is 1.92. The molecule has 0 saturated heterocycles. The molecule has 0 radical (unpaired) electrons. The van der Waals surface area contributed by atoms with Gasteiger partial charge in [-0.15, -0.1) is 11.8 Å².